The molecular formula is C39H24N4O3. The fraction of sp³-hybridized carbons (Fsp3) is 0. The van der Waals surface area contributed by atoms with Crippen molar-refractivity contribution in [2.75, 3.05) is 4.90 Å². The quantitative estimate of drug-likeness (QED) is 0.189. The highest BCUT2D eigenvalue weighted by Gasteiger charge is 2.18. The van der Waals surface area contributed by atoms with E-state index in [1.807, 2.05) is 127 Å². The molecule has 218 valence electrons. The Morgan fingerprint density at radius 2 is 0.826 bits per heavy atom. The van der Waals surface area contributed by atoms with Crippen LogP contribution in [0.25, 0.3) is 67.7 Å². The van der Waals surface area contributed by atoms with Gasteiger partial charge in [0.2, 0.25) is 17.7 Å². The topological polar surface area (TPSA) is 81.3 Å². The summed E-state index contributed by atoms with van der Waals surface area (Å²) in [7, 11) is 0. The number of hydrogen-bond donors (Lipinski definition) is 0. The smallest absolute Gasteiger partial charge is 0.227 e. The average molecular weight is 597 g/mol. The van der Waals surface area contributed by atoms with Crippen LogP contribution in [-0.4, -0.2) is 15.0 Å². The van der Waals surface area contributed by atoms with E-state index >= 15 is 0 Å². The summed E-state index contributed by atoms with van der Waals surface area (Å²) in [4.78, 5) is 16.4. The van der Waals surface area contributed by atoms with Crippen LogP contribution in [0.5, 0.6) is 0 Å². The molecule has 0 atom stereocenters. The minimum absolute atomic E-state index is 0.577. The number of aromatic nitrogens is 3. The number of oxazole rings is 3. The Bertz CT molecular complexity index is 2330. The van der Waals surface area contributed by atoms with Gasteiger partial charge in [-0.1, -0.05) is 48.5 Å². The number of para-hydroxylation sites is 2. The summed E-state index contributed by atoms with van der Waals surface area (Å²) >= 11 is 0. The van der Waals surface area contributed by atoms with Crippen LogP contribution in [0.1, 0.15) is 0 Å². The number of rotatable bonds is 6. The van der Waals surface area contributed by atoms with Gasteiger partial charge >= 0.3 is 0 Å². The first-order valence-electron chi connectivity index (χ1n) is 14.9. The van der Waals surface area contributed by atoms with E-state index in [1.54, 1.807) is 0 Å². The summed E-state index contributed by atoms with van der Waals surface area (Å²) < 4.78 is 18.4. The van der Waals surface area contributed by atoms with E-state index in [1.165, 1.54) is 0 Å². The molecule has 0 aliphatic rings. The Balaban J connectivity index is 1.15. The molecule has 0 saturated carbocycles. The third kappa shape index (κ3) is 4.58. The normalized spacial score (nSPS) is 11.5. The van der Waals surface area contributed by atoms with Crippen molar-refractivity contribution in [1.29, 1.82) is 0 Å². The lowest BCUT2D eigenvalue weighted by atomic mass is 10.1. The lowest BCUT2D eigenvalue weighted by Gasteiger charge is -2.25. The summed E-state index contributed by atoms with van der Waals surface area (Å²) in [5.41, 5.74) is 10.0. The molecule has 0 radical (unpaired) electrons. The van der Waals surface area contributed by atoms with Gasteiger partial charge in [-0.2, -0.15) is 0 Å². The van der Waals surface area contributed by atoms with Crippen molar-refractivity contribution < 1.29 is 13.3 Å². The first-order chi connectivity index (χ1) is 22.7. The van der Waals surface area contributed by atoms with Crippen LogP contribution in [0.4, 0.5) is 17.1 Å². The summed E-state index contributed by atoms with van der Waals surface area (Å²) in [6, 6.07) is 47.9. The van der Waals surface area contributed by atoms with Gasteiger partial charge in [-0.05, 0) is 91.0 Å². The highest BCUT2D eigenvalue weighted by Crippen LogP contribution is 2.39. The highest BCUT2D eigenvalue weighted by atomic mass is 16.4. The lowest BCUT2D eigenvalue weighted by molar-refractivity contribution is 0.619. The van der Waals surface area contributed by atoms with Crippen molar-refractivity contribution in [1.82, 2.24) is 15.0 Å². The minimum Gasteiger partial charge on any atom is -0.436 e. The van der Waals surface area contributed by atoms with Crippen molar-refractivity contribution >= 4 is 50.4 Å². The molecule has 0 fully saturated rings. The van der Waals surface area contributed by atoms with Gasteiger partial charge in [0.25, 0.3) is 0 Å². The number of anilines is 3. The predicted molar refractivity (Wildman–Crippen MR) is 180 cm³/mol. The summed E-state index contributed by atoms with van der Waals surface area (Å²) in [5.74, 6) is 1.74. The zero-order valence-electron chi connectivity index (χ0n) is 24.4. The van der Waals surface area contributed by atoms with Gasteiger partial charge < -0.3 is 18.2 Å². The Kier molecular flexibility index (Phi) is 5.99. The molecule has 3 heterocycles. The number of benzene rings is 6. The van der Waals surface area contributed by atoms with Crippen LogP contribution >= 0.6 is 0 Å². The molecule has 0 amide bonds. The van der Waals surface area contributed by atoms with E-state index in [9.17, 15) is 0 Å². The molecule has 0 spiro atoms. The Hall–Kier alpha value is -6.47. The molecule has 0 bridgehead atoms. The lowest BCUT2D eigenvalue weighted by Crippen LogP contribution is -2.09. The van der Waals surface area contributed by atoms with Crippen LogP contribution in [0.2, 0.25) is 0 Å². The number of fused-ring (bicyclic) bond motifs is 3. The molecule has 0 aliphatic heterocycles. The fourth-order valence-electron chi connectivity index (χ4n) is 5.71. The predicted octanol–water partition coefficient (Wildman–Crippen LogP) is 10.6. The molecule has 7 nitrogen and oxygen atoms in total. The van der Waals surface area contributed by atoms with Crippen LogP contribution < -0.4 is 4.90 Å². The van der Waals surface area contributed by atoms with Crippen molar-refractivity contribution in [3.63, 3.8) is 0 Å². The van der Waals surface area contributed by atoms with Crippen LogP contribution in [0, 0.1) is 0 Å². The van der Waals surface area contributed by atoms with E-state index in [-0.39, 0.29) is 0 Å². The third-order valence-electron chi connectivity index (χ3n) is 7.97. The van der Waals surface area contributed by atoms with Gasteiger partial charge in [0.1, 0.15) is 16.6 Å². The van der Waals surface area contributed by atoms with E-state index < -0.39 is 0 Å². The largest absolute Gasteiger partial charge is 0.436 e. The van der Waals surface area contributed by atoms with Gasteiger partial charge in [-0.15, -0.1) is 0 Å². The SMILES string of the molecule is c1ccc(-c2nc3cc(N(c4ccc(-c5nc6ccccc6o5)cc4)c4ccc5nc(-c6ccccc6)oc5c4)ccc3o2)cc1. The van der Waals surface area contributed by atoms with Gasteiger partial charge in [0.15, 0.2) is 16.7 Å². The first-order valence-corrected chi connectivity index (χ1v) is 14.9. The maximum absolute atomic E-state index is 6.26. The molecule has 0 unspecified atom stereocenters. The minimum atomic E-state index is 0.577. The molecule has 0 aliphatic carbocycles. The second kappa shape index (κ2) is 10.6. The molecule has 0 saturated heterocycles. The summed E-state index contributed by atoms with van der Waals surface area (Å²) in [5, 5.41) is 0. The second-order valence-electron chi connectivity index (χ2n) is 10.9. The Labute approximate surface area is 263 Å². The molecular weight excluding hydrogens is 572 g/mol. The maximum Gasteiger partial charge on any atom is 0.227 e. The van der Waals surface area contributed by atoms with E-state index in [0.29, 0.717) is 28.8 Å². The molecule has 9 rings (SSSR count). The zero-order valence-corrected chi connectivity index (χ0v) is 24.4. The molecule has 9 aromatic rings. The van der Waals surface area contributed by atoms with Crippen molar-refractivity contribution in [2.45, 2.75) is 0 Å². The van der Waals surface area contributed by atoms with E-state index in [0.717, 1.165) is 55.9 Å². The Morgan fingerprint density at radius 1 is 0.348 bits per heavy atom. The molecule has 0 N–H and O–H groups in total. The van der Waals surface area contributed by atoms with E-state index in [2.05, 4.69) is 28.1 Å². The average Bonchev–Trinajstić information content (AvgIpc) is 3.86. The Morgan fingerprint density at radius 3 is 1.50 bits per heavy atom. The van der Waals surface area contributed by atoms with Gasteiger partial charge in [-0.25, -0.2) is 15.0 Å². The maximum atomic E-state index is 6.26. The zero-order chi connectivity index (χ0) is 30.5. The van der Waals surface area contributed by atoms with E-state index in [4.69, 9.17) is 23.2 Å². The van der Waals surface area contributed by atoms with Gasteiger partial charge in [-0.3, -0.25) is 0 Å². The number of hydrogen-bond acceptors (Lipinski definition) is 7. The van der Waals surface area contributed by atoms with Crippen molar-refractivity contribution in [3.8, 4) is 34.4 Å². The monoisotopic (exact) mass is 596 g/mol. The molecule has 3 aromatic heterocycles. The fourth-order valence-corrected chi connectivity index (χ4v) is 5.71. The van der Waals surface area contributed by atoms with Crippen molar-refractivity contribution in [2.24, 2.45) is 0 Å². The second-order valence-corrected chi connectivity index (χ2v) is 10.9. The summed E-state index contributed by atoms with van der Waals surface area (Å²) in [6.07, 6.45) is 0. The van der Waals surface area contributed by atoms with Crippen LogP contribution in [-0.2, 0) is 0 Å². The third-order valence-corrected chi connectivity index (χ3v) is 7.97. The molecule has 46 heavy (non-hydrogen) atoms. The van der Waals surface area contributed by atoms with Gasteiger partial charge in [0.05, 0.1) is 0 Å². The summed E-state index contributed by atoms with van der Waals surface area (Å²) in [6.45, 7) is 0. The van der Waals surface area contributed by atoms with Crippen LogP contribution in [0.3, 0.4) is 0 Å². The standard InChI is InChI=1S/C39H24N4O3/c1-3-9-25(10-4-1)37-41-32-21-19-30(24-36(32)46-37)43(28-17-15-27(16-18-28)39-40-31-13-7-8-14-34(31)44-39)29-20-22-35-33(23-29)42-38(45-35)26-11-5-2-6-12-26/h1-24H. The highest BCUT2D eigenvalue weighted by molar-refractivity contribution is 5.89. The molecule has 6 aromatic carbocycles. The van der Waals surface area contributed by atoms with Crippen LogP contribution in [0.15, 0.2) is 159 Å². The van der Waals surface area contributed by atoms with Crippen molar-refractivity contribution in [3.05, 3.63) is 146 Å². The van der Waals surface area contributed by atoms with Gasteiger partial charge in [0, 0.05) is 39.8 Å². The number of nitrogens with zero attached hydrogens (tertiary/aromatic N) is 4. The molecule has 7 heteroatoms. The first kappa shape index (κ1) is 26.0.